The number of carboxylic acid groups (broad SMARTS) is 1. The lowest BCUT2D eigenvalue weighted by Crippen LogP contribution is -1.91. The van der Waals surface area contributed by atoms with E-state index < -0.39 is 5.97 Å². The third kappa shape index (κ3) is 4.34. The average Bonchev–Trinajstić information content (AvgIpc) is 2.41. The van der Waals surface area contributed by atoms with Crippen LogP contribution in [-0.2, 0) is 4.79 Å². The van der Waals surface area contributed by atoms with E-state index >= 15 is 0 Å². The summed E-state index contributed by atoms with van der Waals surface area (Å²) in [6, 6.07) is 10.7. The fourth-order valence-corrected chi connectivity index (χ4v) is 2.38. The van der Waals surface area contributed by atoms with Crippen LogP contribution in [0, 0.1) is 6.92 Å². The number of aryl methyl sites for hydroxylation is 1. The van der Waals surface area contributed by atoms with Crippen LogP contribution in [0.4, 0.5) is 0 Å². The van der Waals surface area contributed by atoms with Crippen molar-refractivity contribution in [3.63, 3.8) is 0 Å². The Balaban J connectivity index is 2.38. The van der Waals surface area contributed by atoms with E-state index in [0.29, 0.717) is 22.1 Å². The summed E-state index contributed by atoms with van der Waals surface area (Å²) in [6.45, 7) is 1.93. The summed E-state index contributed by atoms with van der Waals surface area (Å²) in [5.41, 5.74) is 1.60. The highest BCUT2D eigenvalue weighted by molar-refractivity contribution is 9.10. The monoisotopic (exact) mass is 366 g/mol. The summed E-state index contributed by atoms with van der Waals surface area (Å²) in [5.74, 6) is 0.173. The second kappa shape index (κ2) is 6.78. The molecule has 0 aliphatic heterocycles. The van der Waals surface area contributed by atoms with Crippen molar-refractivity contribution in [3.8, 4) is 11.5 Å². The predicted molar refractivity (Wildman–Crippen MR) is 87.1 cm³/mol. The number of halogens is 2. The molecule has 0 saturated heterocycles. The van der Waals surface area contributed by atoms with E-state index in [1.54, 1.807) is 18.2 Å². The maximum atomic E-state index is 10.6. The first-order valence-electron chi connectivity index (χ1n) is 6.10. The molecule has 0 unspecified atom stereocenters. The van der Waals surface area contributed by atoms with Gasteiger partial charge in [0.2, 0.25) is 0 Å². The van der Waals surface area contributed by atoms with Gasteiger partial charge in [0, 0.05) is 27.2 Å². The SMILES string of the molecule is Cc1cc(Br)ccc1Oc1cc(Cl)ccc1/C=C/C(=O)O. The van der Waals surface area contributed by atoms with Gasteiger partial charge in [0.1, 0.15) is 11.5 Å². The van der Waals surface area contributed by atoms with E-state index in [2.05, 4.69) is 15.9 Å². The highest BCUT2D eigenvalue weighted by Crippen LogP contribution is 2.32. The van der Waals surface area contributed by atoms with Gasteiger partial charge in [-0.25, -0.2) is 4.79 Å². The summed E-state index contributed by atoms with van der Waals surface area (Å²) in [4.78, 5) is 10.6. The van der Waals surface area contributed by atoms with Crippen molar-refractivity contribution < 1.29 is 14.6 Å². The molecule has 108 valence electrons. The predicted octanol–water partition coefficient (Wildman–Crippen LogP) is 5.30. The van der Waals surface area contributed by atoms with Crippen molar-refractivity contribution >= 4 is 39.6 Å². The number of aliphatic carboxylic acids is 1. The third-order valence-electron chi connectivity index (χ3n) is 2.74. The molecule has 0 aliphatic carbocycles. The smallest absolute Gasteiger partial charge is 0.328 e. The molecule has 0 amide bonds. The van der Waals surface area contributed by atoms with Crippen LogP contribution in [0.15, 0.2) is 46.9 Å². The zero-order valence-corrected chi connectivity index (χ0v) is 13.5. The van der Waals surface area contributed by atoms with Gasteiger partial charge in [0.05, 0.1) is 0 Å². The van der Waals surface area contributed by atoms with Crippen LogP contribution in [0.25, 0.3) is 6.08 Å². The zero-order chi connectivity index (χ0) is 15.4. The Bertz CT molecular complexity index is 711. The summed E-state index contributed by atoms with van der Waals surface area (Å²) in [7, 11) is 0. The summed E-state index contributed by atoms with van der Waals surface area (Å²) in [6.07, 6.45) is 2.53. The van der Waals surface area contributed by atoms with Gasteiger partial charge < -0.3 is 9.84 Å². The number of hydrogen-bond donors (Lipinski definition) is 1. The van der Waals surface area contributed by atoms with E-state index in [9.17, 15) is 4.79 Å². The van der Waals surface area contributed by atoms with E-state index in [-0.39, 0.29) is 0 Å². The van der Waals surface area contributed by atoms with Crippen molar-refractivity contribution in [2.24, 2.45) is 0 Å². The lowest BCUT2D eigenvalue weighted by molar-refractivity contribution is -0.131. The summed E-state index contributed by atoms with van der Waals surface area (Å²) < 4.78 is 6.82. The van der Waals surface area contributed by atoms with Gasteiger partial charge in [0.25, 0.3) is 0 Å². The van der Waals surface area contributed by atoms with Gasteiger partial charge in [-0.2, -0.15) is 0 Å². The molecule has 0 atom stereocenters. The quantitative estimate of drug-likeness (QED) is 0.746. The number of carbonyl (C=O) groups is 1. The molecule has 0 spiro atoms. The highest BCUT2D eigenvalue weighted by atomic mass is 79.9. The van der Waals surface area contributed by atoms with E-state index in [4.69, 9.17) is 21.4 Å². The zero-order valence-electron chi connectivity index (χ0n) is 11.1. The van der Waals surface area contributed by atoms with E-state index in [0.717, 1.165) is 16.1 Å². The maximum absolute atomic E-state index is 10.6. The van der Waals surface area contributed by atoms with Crippen molar-refractivity contribution in [1.29, 1.82) is 0 Å². The number of ether oxygens (including phenoxy) is 1. The number of rotatable bonds is 4. The lowest BCUT2D eigenvalue weighted by atomic mass is 10.1. The topological polar surface area (TPSA) is 46.5 Å². The molecule has 0 fully saturated rings. The van der Waals surface area contributed by atoms with Crippen molar-refractivity contribution in [1.82, 2.24) is 0 Å². The van der Waals surface area contributed by atoms with Crippen LogP contribution in [0.5, 0.6) is 11.5 Å². The fraction of sp³-hybridized carbons (Fsp3) is 0.0625. The molecule has 0 bridgehead atoms. The van der Waals surface area contributed by atoms with Crippen LogP contribution in [-0.4, -0.2) is 11.1 Å². The van der Waals surface area contributed by atoms with Gasteiger partial charge >= 0.3 is 5.97 Å². The Morgan fingerprint density at radius 2 is 2.00 bits per heavy atom. The van der Waals surface area contributed by atoms with Crippen molar-refractivity contribution in [2.75, 3.05) is 0 Å². The molecule has 21 heavy (non-hydrogen) atoms. The van der Waals surface area contributed by atoms with Crippen LogP contribution in [0.3, 0.4) is 0 Å². The first-order valence-corrected chi connectivity index (χ1v) is 7.27. The Morgan fingerprint density at radius 1 is 1.24 bits per heavy atom. The largest absolute Gasteiger partial charge is 0.478 e. The Labute approximate surface area is 135 Å². The van der Waals surface area contributed by atoms with E-state index in [1.165, 1.54) is 6.08 Å². The summed E-state index contributed by atoms with van der Waals surface area (Å²) in [5, 5.41) is 9.25. The normalized spacial score (nSPS) is 10.8. The molecule has 0 heterocycles. The second-order valence-electron chi connectivity index (χ2n) is 4.37. The molecule has 1 N–H and O–H groups in total. The van der Waals surface area contributed by atoms with Gasteiger partial charge in [-0.3, -0.25) is 0 Å². The van der Waals surface area contributed by atoms with E-state index in [1.807, 2.05) is 25.1 Å². The molecule has 2 rings (SSSR count). The number of benzene rings is 2. The maximum Gasteiger partial charge on any atom is 0.328 e. The average molecular weight is 368 g/mol. The number of carboxylic acids is 1. The molecule has 0 aliphatic rings. The van der Waals surface area contributed by atoms with Gasteiger partial charge in [-0.1, -0.05) is 27.5 Å². The number of hydrogen-bond acceptors (Lipinski definition) is 2. The molecule has 0 aromatic heterocycles. The molecule has 0 radical (unpaired) electrons. The highest BCUT2D eigenvalue weighted by Gasteiger charge is 2.07. The van der Waals surface area contributed by atoms with Gasteiger partial charge in [0.15, 0.2) is 0 Å². The van der Waals surface area contributed by atoms with Crippen LogP contribution in [0.1, 0.15) is 11.1 Å². The molecule has 2 aromatic carbocycles. The molecule has 2 aromatic rings. The standard InChI is InChI=1S/C16H12BrClO3/c1-10-8-12(17)4-6-14(10)21-15-9-13(18)5-2-11(15)3-7-16(19)20/h2-9H,1H3,(H,19,20)/b7-3+. The van der Waals surface area contributed by atoms with Gasteiger partial charge in [-0.15, -0.1) is 0 Å². The Hall–Kier alpha value is -1.78. The van der Waals surface area contributed by atoms with Gasteiger partial charge in [-0.05, 0) is 48.9 Å². The summed E-state index contributed by atoms with van der Waals surface area (Å²) >= 11 is 9.38. The third-order valence-corrected chi connectivity index (χ3v) is 3.47. The molecular weight excluding hydrogens is 356 g/mol. The first kappa shape index (κ1) is 15.6. The minimum Gasteiger partial charge on any atom is -0.478 e. The lowest BCUT2D eigenvalue weighted by Gasteiger charge is -2.12. The molecule has 0 saturated carbocycles. The Kier molecular flexibility index (Phi) is 5.04. The molecule has 5 heteroatoms. The van der Waals surface area contributed by atoms with Crippen molar-refractivity contribution in [3.05, 3.63) is 63.1 Å². The minimum atomic E-state index is -1.02. The second-order valence-corrected chi connectivity index (χ2v) is 5.72. The van der Waals surface area contributed by atoms with Crippen LogP contribution in [0.2, 0.25) is 5.02 Å². The Morgan fingerprint density at radius 3 is 2.67 bits per heavy atom. The fourth-order valence-electron chi connectivity index (χ4n) is 1.74. The molecular formula is C16H12BrClO3. The van der Waals surface area contributed by atoms with Crippen molar-refractivity contribution in [2.45, 2.75) is 6.92 Å². The first-order chi connectivity index (χ1) is 9.95. The van der Waals surface area contributed by atoms with Crippen LogP contribution >= 0.6 is 27.5 Å². The van der Waals surface area contributed by atoms with Crippen LogP contribution < -0.4 is 4.74 Å². The molecule has 3 nitrogen and oxygen atoms in total. The minimum absolute atomic E-state index is 0.505.